The number of aliphatic hydroxyl groups excluding tert-OH is 1. The van der Waals surface area contributed by atoms with Crippen LogP contribution in [-0.4, -0.2) is 36.2 Å². The standard InChI is InChI=1S/C15H21FO3/c1-10-8-18-14(11(2)17)15(13(10)16)19-9-12-6-4-3-5-7-12/h3-7,10-11,13-15,17H,8-9H2,1-2H3/t10-,11+,13-,14+,15?/m0/s1. The van der Waals surface area contributed by atoms with Crippen LogP contribution in [0.5, 0.6) is 0 Å². The summed E-state index contributed by atoms with van der Waals surface area (Å²) >= 11 is 0. The van der Waals surface area contributed by atoms with E-state index in [0.29, 0.717) is 13.2 Å². The van der Waals surface area contributed by atoms with Gasteiger partial charge < -0.3 is 14.6 Å². The molecule has 106 valence electrons. The molecule has 0 aliphatic carbocycles. The highest BCUT2D eigenvalue weighted by Crippen LogP contribution is 2.28. The van der Waals surface area contributed by atoms with Gasteiger partial charge in [0.2, 0.25) is 0 Å². The molecule has 0 saturated carbocycles. The van der Waals surface area contributed by atoms with Crippen LogP contribution >= 0.6 is 0 Å². The molecule has 1 aromatic carbocycles. The Morgan fingerprint density at radius 1 is 1.42 bits per heavy atom. The molecule has 2 rings (SSSR count). The third kappa shape index (κ3) is 3.53. The number of aliphatic hydroxyl groups is 1. The SMILES string of the molecule is C[C@@H](O)[C@H]1OC[C@H](C)[C@H](F)C1OCc1ccccc1. The number of hydrogen-bond donors (Lipinski definition) is 1. The minimum atomic E-state index is -1.11. The number of alkyl halides is 1. The first-order valence-corrected chi connectivity index (χ1v) is 6.69. The van der Waals surface area contributed by atoms with Crippen molar-refractivity contribution in [2.45, 2.75) is 44.9 Å². The number of benzene rings is 1. The van der Waals surface area contributed by atoms with Gasteiger partial charge in [0, 0.05) is 5.92 Å². The molecule has 0 radical (unpaired) electrons. The van der Waals surface area contributed by atoms with Crippen LogP contribution in [0.3, 0.4) is 0 Å². The van der Waals surface area contributed by atoms with Gasteiger partial charge in [0.05, 0.1) is 19.3 Å². The molecule has 5 atom stereocenters. The van der Waals surface area contributed by atoms with Crippen LogP contribution in [0.2, 0.25) is 0 Å². The second-order valence-corrected chi connectivity index (χ2v) is 5.22. The summed E-state index contributed by atoms with van der Waals surface area (Å²) in [6.07, 6.45) is -3.18. The first-order chi connectivity index (χ1) is 9.09. The molecule has 1 aliphatic heterocycles. The lowest BCUT2D eigenvalue weighted by Gasteiger charge is -2.39. The summed E-state index contributed by atoms with van der Waals surface area (Å²) in [5, 5.41) is 9.68. The lowest BCUT2D eigenvalue weighted by atomic mass is 9.92. The minimum absolute atomic E-state index is 0.212. The second-order valence-electron chi connectivity index (χ2n) is 5.22. The van der Waals surface area contributed by atoms with Crippen molar-refractivity contribution in [3.8, 4) is 0 Å². The molecule has 3 nitrogen and oxygen atoms in total. The summed E-state index contributed by atoms with van der Waals surface area (Å²) in [5.41, 5.74) is 0.984. The summed E-state index contributed by atoms with van der Waals surface area (Å²) in [5.74, 6) is -0.212. The number of halogens is 1. The highest BCUT2D eigenvalue weighted by molar-refractivity contribution is 5.13. The molecule has 1 aromatic rings. The molecule has 1 heterocycles. The maximum absolute atomic E-state index is 14.2. The maximum Gasteiger partial charge on any atom is 0.134 e. The fourth-order valence-electron chi connectivity index (χ4n) is 2.32. The van der Waals surface area contributed by atoms with E-state index in [0.717, 1.165) is 5.56 Å². The predicted molar refractivity (Wildman–Crippen MR) is 70.5 cm³/mol. The van der Waals surface area contributed by atoms with E-state index in [9.17, 15) is 9.50 Å². The molecule has 0 amide bonds. The smallest absolute Gasteiger partial charge is 0.134 e. The Balaban J connectivity index is 2.01. The fourth-order valence-corrected chi connectivity index (χ4v) is 2.32. The topological polar surface area (TPSA) is 38.7 Å². The Morgan fingerprint density at radius 3 is 2.74 bits per heavy atom. The Labute approximate surface area is 113 Å². The molecule has 1 fully saturated rings. The van der Waals surface area contributed by atoms with Gasteiger partial charge in [-0.3, -0.25) is 0 Å². The van der Waals surface area contributed by atoms with Crippen molar-refractivity contribution in [3.63, 3.8) is 0 Å². The zero-order valence-electron chi connectivity index (χ0n) is 11.3. The van der Waals surface area contributed by atoms with Gasteiger partial charge in [0.25, 0.3) is 0 Å². The maximum atomic E-state index is 14.2. The number of hydrogen-bond acceptors (Lipinski definition) is 3. The normalized spacial score (nSPS) is 33.1. The third-order valence-electron chi connectivity index (χ3n) is 3.49. The van der Waals surface area contributed by atoms with Crippen LogP contribution in [0.15, 0.2) is 30.3 Å². The van der Waals surface area contributed by atoms with E-state index in [4.69, 9.17) is 9.47 Å². The molecule has 19 heavy (non-hydrogen) atoms. The third-order valence-corrected chi connectivity index (χ3v) is 3.49. The molecule has 0 spiro atoms. The van der Waals surface area contributed by atoms with Crippen molar-refractivity contribution in [3.05, 3.63) is 35.9 Å². The first-order valence-electron chi connectivity index (χ1n) is 6.69. The molecule has 1 N–H and O–H groups in total. The Bertz CT molecular complexity index is 382. The van der Waals surface area contributed by atoms with Crippen molar-refractivity contribution in [1.29, 1.82) is 0 Å². The van der Waals surface area contributed by atoms with E-state index in [2.05, 4.69) is 0 Å². The monoisotopic (exact) mass is 268 g/mol. The highest BCUT2D eigenvalue weighted by atomic mass is 19.1. The molecule has 1 aliphatic rings. The minimum Gasteiger partial charge on any atom is -0.391 e. The molecule has 0 bridgehead atoms. The number of ether oxygens (including phenoxy) is 2. The van der Waals surface area contributed by atoms with E-state index in [1.807, 2.05) is 30.3 Å². The quantitative estimate of drug-likeness (QED) is 0.911. The van der Waals surface area contributed by atoms with Crippen LogP contribution < -0.4 is 0 Å². The summed E-state index contributed by atoms with van der Waals surface area (Å²) in [7, 11) is 0. The molecular weight excluding hydrogens is 247 g/mol. The molecule has 1 saturated heterocycles. The van der Waals surface area contributed by atoms with E-state index < -0.39 is 24.5 Å². The molecule has 1 unspecified atom stereocenters. The van der Waals surface area contributed by atoms with Gasteiger partial charge >= 0.3 is 0 Å². The van der Waals surface area contributed by atoms with Crippen LogP contribution in [0.4, 0.5) is 4.39 Å². The van der Waals surface area contributed by atoms with E-state index in [-0.39, 0.29) is 5.92 Å². The summed E-state index contributed by atoms with van der Waals surface area (Å²) in [6.45, 7) is 4.04. The van der Waals surface area contributed by atoms with Gasteiger partial charge in [0.1, 0.15) is 18.4 Å². The average molecular weight is 268 g/mol. The van der Waals surface area contributed by atoms with Crippen molar-refractivity contribution >= 4 is 0 Å². The van der Waals surface area contributed by atoms with Gasteiger partial charge in [-0.1, -0.05) is 37.3 Å². The van der Waals surface area contributed by atoms with Crippen LogP contribution in [0.1, 0.15) is 19.4 Å². The van der Waals surface area contributed by atoms with E-state index in [1.165, 1.54) is 0 Å². The summed E-state index contributed by atoms with van der Waals surface area (Å²) in [6, 6.07) is 9.61. The van der Waals surface area contributed by atoms with Crippen molar-refractivity contribution in [2.24, 2.45) is 5.92 Å². The van der Waals surface area contributed by atoms with E-state index >= 15 is 0 Å². The zero-order chi connectivity index (χ0) is 13.8. The molecular formula is C15H21FO3. The van der Waals surface area contributed by atoms with Gasteiger partial charge in [-0.15, -0.1) is 0 Å². The molecule has 4 heteroatoms. The largest absolute Gasteiger partial charge is 0.391 e. The first kappa shape index (κ1) is 14.4. The van der Waals surface area contributed by atoms with Gasteiger partial charge in [-0.05, 0) is 12.5 Å². The van der Waals surface area contributed by atoms with Crippen molar-refractivity contribution in [2.75, 3.05) is 6.61 Å². The van der Waals surface area contributed by atoms with Gasteiger partial charge in [-0.2, -0.15) is 0 Å². The van der Waals surface area contributed by atoms with Gasteiger partial charge in [0.15, 0.2) is 0 Å². The highest BCUT2D eigenvalue weighted by Gasteiger charge is 2.41. The van der Waals surface area contributed by atoms with Crippen LogP contribution in [0, 0.1) is 5.92 Å². The second kappa shape index (κ2) is 6.46. The van der Waals surface area contributed by atoms with Gasteiger partial charge in [-0.25, -0.2) is 4.39 Å². The number of rotatable bonds is 4. The zero-order valence-corrected chi connectivity index (χ0v) is 11.3. The predicted octanol–water partition coefficient (Wildman–Crippen LogP) is 2.33. The summed E-state index contributed by atoms with van der Waals surface area (Å²) < 4.78 is 25.4. The Kier molecular flexibility index (Phi) is 4.91. The van der Waals surface area contributed by atoms with Crippen LogP contribution in [-0.2, 0) is 16.1 Å². The summed E-state index contributed by atoms with van der Waals surface area (Å²) in [4.78, 5) is 0. The van der Waals surface area contributed by atoms with Crippen LogP contribution in [0.25, 0.3) is 0 Å². The lowest BCUT2D eigenvalue weighted by Crippen LogP contribution is -2.52. The molecule has 0 aromatic heterocycles. The Hall–Kier alpha value is -0.970. The van der Waals surface area contributed by atoms with Crippen molar-refractivity contribution in [1.82, 2.24) is 0 Å². The van der Waals surface area contributed by atoms with E-state index in [1.54, 1.807) is 13.8 Å². The average Bonchev–Trinajstić information content (AvgIpc) is 2.41. The Morgan fingerprint density at radius 2 is 2.11 bits per heavy atom. The van der Waals surface area contributed by atoms with Crippen molar-refractivity contribution < 1.29 is 19.0 Å². The lowest BCUT2D eigenvalue weighted by molar-refractivity contribution is -0.192. The fraction of sp³-hybridized carbons (Fsp3) is 0.600.